The number of piperazine rings is 1. The number of benzene rings is 1. The Labute approximate surface area is 162 Å². The fourth-order valence-electron chi connectivity index (χ4n) is 3.10. The smallest absolute Gasteiger partial charge is 0.263 e. The van der Waals surface area contributed by atoms with Gasteiger partial charge in [-0.05, 0) is 31.2 Å². The lowest BCUT2D eigenvalue weighted by molar-refractivity contribution is -0.138. The first-order chi connectivity index (χ1) is 13.7. The summed E-state index contributed by atoms with van der Waals surface area (Å²) >= 11 is 0. The molecule has 0 saturated carbocycles. The number of carbonyl (C=O) groups is 1. The molecule has 0 aliphatic carbocycles. The maximum Gasteiger partial charge on any atom is 0.263 e. The van der Waals surface area contributed by atoms with Crippen molar-refractivity contribution in [1.29, 1.82) is 0 Å². The quantitative estimate of drug-likeness (QED) is 0.657. The molecule has 28 heavy (non-hydrogen) atoms. The van der Waals surface area contributed by atoms with Gasteiger partial charge in [-0.25, -0.2) is 9.67 Å². The third-order valence-electron chi connectivity index (χ3n) is 4.61. The van der Waals surface area contributed by atoms with Crippen LogP contribution in [0.15, 0.2) is 55.1 Å². The summed E-state index contributed by atoms with van der Waals surface area (Å²) in [5.41, 5.74) is 0. The molecule has 1 atom stereocenters. The average molecular weight is 379 g/mol. The molecule has 0 radical (unpaired) electrons. The largest absolute Gasteiger partial charge is 0.481 e. The Morgan fingerprint density at radius 2 is 1.71 bits per heavy atom. The Balaban J connectivity index is 1.32. The molecule has 3 aromatic rings. The minimum Gasteiger partial charge on any atom is -0.481 e. The fourth-order valence-corrected chi connectivity index (χ4v) is 3.10. The van der Waals surface area contributed by atoms with E-state index in [9.17, 15) is 4.79 Å². The van der Waals surface area contributed by atoms with E-state index in [4.69, 9.17) is 4.74 Å². The highest BCUT2D eigenvalue weighted by molar-refractivity contribution is 5.81. The van der Waals surface area contributed by atoms with E-state index in [1.54, 1.807) is 17.9 Å². The van der Waals surface area contributed by atoms with Crippen molar-refractivity contribution in [3.8, 4) is 11.6 Å². The molecule has 1 aromatic carbocycles. The second-order valence-corrected chi connectivity index (χ2v) is 6.48. The lowest BCUT2D eigenvalue weighted by atomic mass is 10.2. The zero-order chi connectivity index (χ0) is 19.3. The van der Waals surface area contributed by atoms with Crippen LogP contribution in [0, 0.1) is 0 Å². The maximum absolute atomic E-state index is 12.7. The number of hydrogen-bond acceptors (Lipinski definition) is 7. The Kier molecular flexibility index (Phi) is 5.14. The normalized spacial score (nSPS) is 15.3. The molecular formula is C19H21N7O2. The zero-order valence-electron chi connectivity index (χ0n) is 15.5. The second-order valence-electron chi connectivity index (χ2n) is 6.48. The molecule has 9 heteroatoms. The van der Waals surface area contributed by atoms with Crippen LogP contribution in [0.25, 0.3) is 5.82 Å². The first-order valence-corrected chi connectivity index (χ1v) is 9.15. The summed E-state index contributed by atoms with van der Waals surface area (Å²) in [5.74, 6) is 2.09. The Bertz CT molecular complexity index is 892. The van der Waals surface area contributed by atoms with E-state index in [0.29, 0.717) is 37.7 Å². The number of carbonyl (C=O) groups excluding carboxylic acids is 1. The highest BCUT2D eigenvalue weighted by atomic mass is 16.5. The van der Waals surface area contributed by atoms with E-state index in [0.717, 1.165) is 5.82 Å². The van der Waals surface area contributed by atoms with Gasteiger partial charge in [0, 0.05) is 26.2 Å². The summed E-state index contributed by atoms with van der Waals surface area (Å²) in [6.07, 6.45) is 2.51. The lowest BCUT2D eigenvalue weighted by Crippen LogP contribution is -2.52. The molecule has 1 aliphatic heterocycles. The number of para-hydroxylation sites is 1. The van der Waals surface area contributed by atoms with Crippen molar-refractivity contribution in [1.82, 2.24) is 29.9 Å². The molecule has 1 aliphatic rings. The van der Waals surface area contributed by atoms with E-state index in [1.165, 1.54) is 6.33 Å². The minimum absolute atomic E-state index is 0.00360. The molecule has 9 nitrogen and oxygen atoms in total. The zero-order valence-corrected chi connectivity index (χ0v) is 15.5. The molecular weight excluding hydrogens is 358 g/mol. The van der Waals surface area contributed by atoms with Gasteiger partial charge in [0.15, 0.2) is 17.7 Å². The molecule has 1 saturated heterocycles. The molecule has 3 heterocycles. The highest BCUT2D eigenvalue weighted by Crippen LogP contribution is 2.16. The molecule has 4 rings (SSSR count). The molecule has 1 fully saturated rings. The first kappa shape index (κ1) is 17.9. The Morgan fingerprint density at radius 3 is 2.36 bits per heavy atom. The van der Waals surface area contributed by atoms with Crippen molar-refractivity contribution in [2.75, 3.05) is 31.1 Å². The van der Waals surface area contributed by atoms with Crippen LogP contribution in [0.4, 0.5) is 5.82 Å². The number of amides is 1. The molecule has 0 N–H and O–H groups in total. The molecule has 1 unspecified atom stereocenters. The SMILES string of the molecule is CC(Oc1ccccc1)C(=O)N1CCN(c2ccc(-n3cncn3)nn2)CC1. The Hall–Kier alpha value is -3.49. The summed E-state index contributed by atoms with van der Waals surface area (Å²) in [7, 11) is 0. The lowest BCUT2D eigenvalue weighted by Gasteiger charge is -2.36. The van der Waals surface area contributed by atoms with Crippen molar-refractivity contribution in [3.63, 3.8) is 0 Å². The summed E-state index contributed by atoms with van der Waals surface area (Å²) in [6, 6.07) is 13.2. The van der Waals surface area contributed by atoms with Crippen LogP contribution in [0.1, 0.15) is 6.92 Å². The number of rotatable bonds is 5. The van der Waals surface area contributed by atoms with E-state index >= 15 is 0 Å². The predicted molar refractivity (Wildman–Crippen MR) is 102 cm³/mol. The number of anilines is 1. The predicted octanol–water partition coefficient (Wildman–Crippen LogP) is 1.17. The van der Waals surface area contributed by atoms with Crippen molar-refractivity contribution in [2.24, 2.45) is 0 Å². The van der Waals surface area contributed by atoms with Gasteiger partial charge in [0.2, 0.25) is 0 Å². The molecule has 144 valence electrons. The molecule has 0 bridgehead atoms. The van der Waals surface area contributed by atoms with Crippen LogP contribution in [0.3, 0.4) is 0 Å². The fraction of sp³-hybridized carbons (Fsp3) is 0.316. The van der Waals surface area contributed by atoms with Gasteiger partial charge in [0.25, 0.3) is 5.91 Å². The van der Waals surface area contributed by atoms with Crippen LogP contribution in [0.2, 0.25) is 0 Å². The van der Waals surface area contributed by atoms with E-state index in [2.05, 4.69) is 25.2 Å². The van der Waals surface area contributed by atoms with Gasteiger partial charge in [-0.15, -0.1) is 10.2 Å². The molecule has 2 aromatic heterocycles. The van der Waals surface area contributed by atoms with Gasteiger partial charge in [0.1, 0.15) is 18.4 Å². The van der Waals surface area contributed by atoms with Crippen molar-refractivity contribution in [3.05, 3.63) is 55.1 Å². The van der Waals surface area contributed by atoms with Crippen LogP contribution in [0.5, 0.6) is 5.75 Å². The van der Waals surface area contributed by atoms with Gasteiger partial charge in [-0.1, -0.05) is 18.2 Å². The van der Waals surface area contributed by atoms with Gasteiger partial charge in [-0.2, -0.15) is 5.10 Å². The highest BCUT2D eigenvalue weighted by Gasteiger charge is 2.26. The molecule has 0 spiro atoms. The third kappa shape index (κ3) is 3.93. The van der Waals surface area contributed by atoms with Crippen LogP contribution in [-0.4, -0.2) is 68.1 Å². The standard InChI is InChI=1S/C19H21N7O2/c1-15(28-16-5-3-2-4-6-16)19(27)25-11-9-24(10-12-25)17-7-8-18(23-22-17)26-14-20-13-21-26/h2-8,13-15H,9-12H2,1H3. The number of hydrogen-bond donors (Lipinski definition) is 0. The monoisotopic (exact) mass is 379 g/mol. The first-order valence-electron chi connectivity index (χ1n) is 9.15. The Morgan fingerprint density at radius 1 is 1.00 bits per heavy atom. The van der Waals surface area contributed by atoms with Gasteiger partial charge in [-0.3, -0.25) is 4.79 Å². The summed E-state index contributed by atoms with van der Waals surface area (Å²) in [6.45, 7) is 4.42. The van der Waals surface area contributed by atoms with Crippen LogP contribution >= 0.6 is 0 Å². The van der Waals surface area contributed by atoms with Crippen molar-refractivity contribution >= 4 is 11.7 Å². The minimum atomic E-state index is -0.518. The van der Waals surface area contributed by atoms with E-state index in [-0.39, 0.29) is 5.91 Å². The third-order valence-corrected chi connectivity index (χ3v) is 4.61. The second kappa shape index (κ2) is 8.03. The van der Waals surface area contributed by atoms with Crippen LogP contribution < -0.4 is 9.64 Å². The number of aromatic nitrogens is 5. The number of nitrogens with zero attached hydrogens (tertiary/aromatic N) is 7. The van der Waals surface area contributed by atoms with E-state index < -0.39 is 6.10 Å². The van der Waals surface area contributed by atoms with Crippen molar-refractivity contribution in [2.45, 2.75) is 13.0 Å². The van der Waals surface area contributed by atoms with Gasteiger partial charge < -0.3 is 14.5 Å². The van der Waals surface area contributed by atoms with Gasteiger partial charge in [0.05, 0.1) is 0 Å². The average Bonchev–Trinajstić information content (AvgIpc) is 3.29. The van der Waals surface area contributed by atoms with Gasteiger partial charge >= 0.3 is 0 Å². The summed E-state index contributed by atoms with van der Waals surface area (Å²) < 4.78 is 7.31. The topological polar surface area (TPSA) is 89.3 Å². The summed E-state index contributed by atoms with van der Waals surface area (Å²) in [5, 5.41) is 12.5. The van der Waals surface area contributed by atoms with Crippen molar-refractivity contribution < 1.29 is 9.53 Å². The van der Waals surface area contributed by atoms with E-state index in [1.807, 2.05) is 47.4 Å². The number of ether oxygens (including phenoxy) is 1. The van der Waals surface area contributed by atoms with Crippen LogP contribution in [-0.2, 0) is 4.79 Å². The molecule has 1 amide bonds. The maximum atomic E-state index is 12.7. The summed E-state index contributed by atoms with van der Waals surface area (Å²) in [4.78, 5) is 20.5.